The maximum absolute atomic E-state index is 5.98. The summed E-state index contributed by atoms with van der Waals surface area (Å²) in [6.07, 6.45) is 3.55. The summed E-state index contributed by atoms with van der Waals surface area (Å²) in [6, 6.07) is 18.7. The predicted molar refractivity (Wildman–Crippen MR) is 97.0 cm³/mol. The van der Waals surface area contributed by atoms with Crippen LogP contribution in [0.3, 0.4) is 0 Å². The van der Waals surface area contributed by atoms with Crippen molar-refractivity contribution in [2.24, 2.45) is 0 Å². The number of halogens is 1. The van der Waals surface area contributed by atoms with E-state index in [1.165, 1.54) is 24.0 Å². The summed E-state index contributed by atoms with van der Waals surface area (Å²) in [7, 11) is 4.24. The molecule has 2 aromatic carbocycles. The summed E-state index contributed by atoms with van der Waals surface area (Å²) < 4.78 is 5.98. The van der Waals surface area contributed by atoms with Gasteiger partial charge < -0.3 is 9.64 Å². The topological polar surface area (TPSA) is 12.5 Å². The monoisotopic (exact) mass is 319 g/mol. The van der Waals surface area contributed by atoms with Gasteiger partial charge in [0.15, 0.2) is 0 Å². The van der Waals surface area contributed by atoms with Crippen molar-refractivity contribution in [2.75, 3.05) is 27.2 Å². The van der Waals surface area contributed by atoms with Crippen LogP contribution < -0.4 is 4.74 Å². The predicted octanol–water partition coefficient (Wildman–Crippen LogP) is 4.89. The van der Waals surface area contributed by atoms with Gasteiger partial charge in [-0.1, -0.05) is 48.5 Å². The summed E-state index contributed by atoms with van der Waals surface area (Å²) in [4.78, 5) is 2.23. The highest BCUT2D eigenvalue weighted by Crippen LogP contribution is 2.29. The van der Waals surface area contributed by atoms with Crippen LogP contribution in [0.2, 0.25) is 0 Å². The molecule has 0 atom stereocenters. The zero-order valence-electron chi connectivity index (χ0n) is 13.5. The van der Waals surface area contributed by atoms with Crippen molar-refractivity contribution in [1.29, 1.82) is 0 Å². The highest BCUT2D eigenvalue weighted by Gasteiger charge is 2.04. The number of benzene rings is 2. The molecule has 2 rings (SSSR count). The van der Waals surface area contributed by atoms with E-state index in [9.17, 15) is 0 Å². The van der Waals surface area contributed by atoms with Crippen LogP contribution >= 0.6 is 12.4 Å². The van der Waals surface area contributed by atoms with Gasteiger partial charge in [0.05, 0.1) is 6.61 Å². The van der Waals surface area contributed by atoms with Crippen molar-refractivity contribution in [3.63, 3.8) is 0 Å². The largest absolute Gasteiger partial charge is 0.493 e. The zero-order valence-corrected chi connectivity index (χ0v) is 14.3. The van der Waals surface area contributed by atoms with Gasteiger partial charge in [-0.25, -0.2) is 0 Å². The number of nitrogens with zero attached hydrogens (tertiary/aromatic N) is 1. The highest BCUT2D eigenvalue weighted by atomic mass is 35.5. The molecule has 0 aliphatic rings. The van der Waals surface area contributed by atoms with E-state index in [0.717, 1.165) is 25.3 Å². The SMILES string of the molecule is CN(C)CCCCCOc1ccccc1-c1ccccc1.Cl. The molecule has 0 saturated carbocycles. The molecule has 0 amide bonds. The summed E-state index contributed by atoms with van der Waals surface area (Å²) in [5.41, 5.74) is 2.38. The molecule has 0 bridgehead atoms. The standard InChI is InChI=1S/C19H25NO.ClH/c1-20(2)15-9-4-10-16-21-19-14-8-7-13-18(19)17-11-5-3-6-12-17;/h3,5-8,11-14H,4,9-10,15-16H2,1-2H3;1H. The summed E-state index contributed by atoms with van der Waals surface area (Å²) in [5.74, 6) is 0.983. The van der Waals surface area contributed by atoms with Gasteiger partial charge in [-0.05, 0) is 51.5 Å². The van der Waals surface area contributed by atoms with E-state index >= 15 is 0 Å². The minimum absolute atomic E-state index is 0. The van der Waals surface area contributed by atoms with Gasteiger partial charge in [0.2, 0.25) is 0 Å². The molecule has 2 nitrogen and oxygen atoms in total. The van der Waals surface area contributed by atoms with Crippen LogP contribution in [0.1, 0.15) is 19.3 Å². The third kappa shape index (κ3) is 6.08. The summed E-state index contributed by atoms with van der Waals surface area (Å²) in [5, 5.41) is 0. The van der Waals surface area contributed by atoms with Crippen molar-refractivity contribution >= 4 is 12.4 Å². The zero-order chi connectivity index (χ0) is 14.9. The molecule has 0 aromatic heterocycles. The lowest BCUT2D eigenvalue weighted by molar-refractivity contribution is 0.300. The van der Waals surface area contributed by atoms with Gasteiger partial charge in [-0.2, -0.15) is 0 Å². The van der Waals surface area contributed by atoms with Gasteiger partial charge in [0, 0.05) is 5.56 Å². The Balaban J connectivity index is 0.00000242. The molecule has 0 spiro atoms. The lowest BCUT2D eigenvalue weighted by atomic mass is 10.1. The molecule has 0 aliphatic carbocycles. The molecule has 0 heterocycles. The second kappa shape index (κ2) is 10.3. The highest BCUT2D eigenvalue weighted by molar-refractivity contribution is 5.85. The molecule has 0 N–H and O–H groups in total. The molecular formula is C19H26ClNO. The fraction of sp³-hybridized carbons (Fsp3) is 0.368. The van der Waals surface area contributed by atoms with Crippen molar-refractivity contribution in [3.8, 4) is 16.9 Å². The fourth-order valence-corrected chi connectivity index (χ4v) is 2.34. The molecule has 0 fully saturated rings. The lowest BCUT2D eigenvalue weighted by Gasteiger charge is -2.12. The van der Waals surface area contributed by atoms with E-state index in [4.69, 9.17) is 4.74 Å². The first-order chi connectivity index (χ1) is 10.3. The molecule has 0 saturated heterocycles. The van der Waals surface area contributed by atoms with Crippen LogP contribution in [0.5, 0.6) is 5.75 Å². The van der Waals surface area contributed by atoms with E-state index in [0.29, 0.717) is 0 Å². The Bertz CT molecular complexity index is 528. The second-order valence-electron chi connectivity index (χ2n) is 5.57. The number of para-hydroxylation sites is 1. The number of unbranched alkanes of at least 4 members (excludes halogenated alkanes) is 2. The Morgan fingerprint density at radius 2 is 1.50 bits per heavy atom. The van der Waals surface area contributed by atoms with Crippen LogP contribution in [-0.2, 0) is 0 Å². The van der Waals surface area contributed by atoms with Gasteiger partial charge in [0.1, 0.15) is 5.75 Å². The number of ether oxygens (including phenoxy) is 1. The Hall–Kier alpha value is -1.51. The molecular weight excluding hydrogens is 294 g/mol. The minimum atomic E-state index is 0. The first kappa shape index (κ1) is 18.5. The van der Waals surface area contributed by atoms with E-state index < -0.39 is 0 Å². The van der Waals surface area contributed by atoms with Crippen molar-refractivity contribution in [1.82, 2.24) is 4.90 Å². The van der Waals surface area contributed by atoms with E-state index in [2.05, 4.69) is 61.5 Å². The first-order valence-corrected chi connectivity index (χ1v) is 7.69. The van der Waals surface area contributed by atoms with Crippen molar-refractivity contribution in [3.05, 3.63) is 54.6 Å². The third-order valence-electron chi connectivity index (χ3n) is 3.48. The Morgan fingerprint density at radius 3 is 2.23 bits per heavy atom. The Labute approximate surface area is 140 Å². The Morgan fingerprint density at radius 1 is 0.818 bits per heavy atom. The number of hydrogen-bond donors (Lipinski definition) is 0. The smallest absolute Gasteiger partial charge is 0.127 e. The van der Waals surface area contributed by atoms with Gasteiger partial charge in [0.25, 0.3) is 0 Å². The van der Waals surface area contributed by atoms with E-state index in [1.54, 1.807) is 0 Å². The Kier molecular flexibility index (Phi) is 8.64. The minimum Gasteiger partial charge on any atom is -0.493 e. The number of hydrogen-bond acceptors (Lipinski definition) is 2. The van der Waals surface area contributed by atoms with Crippen LogP contribution in [0.15, 0.2) is 54.6 Å². The first-order valence-electron chi connectivity index (χ1n) is 7.69. The molecule has 120 valence electrons. The third-order valence-corrected chi connectivity index (χ3v) is 3.48. The average Bonchev–Trinajstić information content (AvgIpc) is 2.52. The molecule has 2 aromatic rings. The second-order valence-corrected chi connectivity index (χ2v) is 5.57. The summed E-state index contributed by atoms with van der Waals surface area (Å²) >= 11 is 0. The van der Waals surface area contributed by atoms with Gasteiger partial charge >= 0.3 is 0 Å². The lowest BCUT2D eigenvalue weighted by Crippen LogP contribution is -2.13. The van der Waals surface area contributed by atoms with E-state index in [1.807, 2.05) is 12.1 Å². The molecule has 0 aliphatic heterocycles. The van der Waals surface area contributed by atoms with Crippen LogP contribution in [0.25, 0.3) is 11.1 Å². The fourth-order valence-electron chi connectivity index (χ4n) is 2.34. The molecule has 3 heteroatoms. The normalized spacial score (nSPS) is 10.3. The molecule has 0 unspecified atom stereocenters. The number of rotatable bonds is 8. The summed E-state index contributed by atoms with van der Waals surface area (Å²) in [6.45, 7) is 1.94. The molecule has 22 heavy (non-hydrogen) atoms. The van der Waals surface area contributed by atoms with Gasteiger partial charge in [-0.15, -0.1) is 12.4 Å². The van der Waals surface area contributed by atoms with Crippen LogP contribution in [0.4, 0.5) is 0 Å². The maximum Gasteiger partial charge on any atom is 0.127 e. The van der Waals surface area contributed by atoms with Crippen molar-refractivity contribution < 1.29 is 4.74 Å². The quantitative estimate of drug-likeness (QED) is 0.643. The van der Waals surface area contributed by atoms with Crippen LogP contribution in [0, 0.1) is 0 Å². The van der Waals surface area contributed by atoms with Crippen LogP contribution in [-0.4, -0.2) is 32.1 Å². The van der Waals surface area contributed by atoms with E-state index in [-0.39, 0.29) is 12.4 Å². The average molecular weight is 320 g/mol. The van der Waals surface area contributed by atoms with Crippen molar-refractivity contribution in [2.45, 2.75) is 19.3 Å². The molecule has 0 radical (unpaired) electrons. The maximum atomic E-state index is 5.98. The van der Waals surface area contributed by atoms with Gasteiger partial charge in [-0.3, -0.25) is 0 Å².